The van der Waals surface area contributed by atoms with Crippen LogP contribution < -0.4 is 16.2 Å². The van der Waals surface area contributed by atoms with Crippen LogP contribution in [-0.4, -0.2) is 85.6 Å². The minimum Gasteiger partial charge on any atom is -0.382 e. The average Bonchev–Trinajstić information content (AvgIpc) is 2.75. The number of carbonyl (C=O) groups excluding carboxylic acids is 1. The van der Waals surface area contributed by atoms with Gasteiger partial charge in [0.1, 0.15) is 5.02 Å². The van der Waals surface area contributed by atoms with Crippen LogP contribution in [0, 0.1) is 5.92 Å². The van der Waals surface area contributed by atoms with E-state index in [1.807, 2.05) is 19.0 Å². The van der Waals surface area contributed by atoms with Crippen molar-refractivity contribution in [2.75, 3.05) is 65.3 Å². The van der Waals surface area contributed by atoms with Crippen molar-refractivity contribution < 1.29 is 9.53 Å². The number of hydrogen-bond acceptors (Lipinski definition) is 6. The maximum Gasteiger partial charge on any atom is 0.317 e. The summed E-state index contributed by atoms with van der Waals surface area (Å²) in [4.78, 5) is 28.8. The van der Waals surface area contributed by atoms with Crippen LogP contribution in [0.1, 0.15) is 31.7 Å². The van der Waals surface area contributed by atoms with Gasteiger partial charge in [-0.05, 0) is 45.7 Å². The number of hydrogen-bond donors (Lipinski definition) is 2. The first-order valence-electron chi connectivity index (χ1n) is 10.7. The van der Waals surface area contributed by atoms with Gasteiger partial charge in [-0.15, -0.1) is 0 Å². The molecule has 2 amide bonds. The Kier molecular flexibility index (Phi) is 8.35. The Balaban J connectivity index is 1.52. The summed E-state index contributed by atoms with van der Waals surface area (Å²) in [5.41, 5.74) is 0.289. The summed E-state index contributed by atoms with van der Waals surface area (Å²) >= 11 is 6.35. The van der Waals surface area contributed by atoms with Crippen molar-refractivity contribution in [1.82, 2.24) is 24.9 Å². The topological polar surface area (TPSA) is 91.7 Å². The summed E-state index contributed by atoms with van der Waals surface area (Å²) in [6, 6.07) is -0.110. The molecule has 168 valence electrons. The van der Waals surface area contributed by atoms with E-state index >= 15 is 0 Å². The Bertz CT molecular complexity index is 757. The number of piperidine rings is 1. The van der Waals surface area contributed by atoms with Crippen molar-refractivity contribution in [2.24, 2.45) is 5.92 Å². The highest BCUT2D eigenvalue weighted by molar-refractivity contribution is 6.32. The van der Waals surface area contributed by atoms with Gasteiger partial charge in [-0.2, -0.15) is 5.10 Å². The number of anilines is 1. The maximum atomic E-state index is 12.8. The summed E-state index contributed by atoms with van der Waals surface area (Å²) < 4.78 is 6.96. The highest BCUT2D eigenvalue weighted by atomic mass is 35.5. The third-order valence-electron chi connectivity index (χ3n) is 5.71. The molecular formula is C20H33ClN6O3. The molecule has 0 radical (unpaired) electrons. The molecule has 0 aromatic carbocycles. The number of aromatic nitrogens is 2. The molecular weight excluding hydrogens is 408 g/mol. The number of likely N-dealkylation sites (tertiary alicyclic amines) is 1. The highest BCUT2D eigenvalue weighted by Gasteiger charge is 2.26. The second-order valence-electron chi connectivity index (χ2n) is 8.34. The number of likely N-dealkylation sites (N-methyl/N-ethyl adjacent to an activating group) is 1. The molecule has 1 atom stereocenters. The summed E-state index contributed by atoms with van der Waals surface area (Å²) in [7, 11) is 3.94. The number of carbonyl (C=O) groups is 1. The number of nitrogens with zero attached hydrogens (tertiary/aromatic N) is 4. The number of ether oxygens (including phenoxy) is 1. The summed E-state index contributed by atoms with van der Waals surface area (Å²) in [6.07, 6.45) is 5.16. The quantitative estimate of drug-likeness (QED) is 0.669. The fourth-order valence-corrected chi connectivity index (χ4v) is 4.06. The van der Waals surface area contributed by atoms with Gasteiger partial charge in [-0.25, -0.2) is 9.48 Å². The van der Waals surface area contributed by atoms with E-state index in [2.05, 4.69) is 15.7 Å². The Morgan fingerprint density at radius 3 is 2.77 bits per heavy atom. The van der Waals surface area contributed by atoms with Gasteiger partial charge in [-0.1, -0.05) is 11.6 Å². The fourth-order valence-electron chi connectivity index (χ4n) is 3.86. The van der Waals surface area contributed by atoms with Gasteiger partial charge in [-0.3, -0.25) is 4.79 Å². The van der Waals surface area contributed by atoms with Gasteiger partial charge in [0.2, 0.25) is 0 Å². The fraction of sp³-hybridized carbons (Fsp3) is 0.750. The monoisotopic (exact) mass is 440 g/mol. The second kappa shape index (κ2) is 11.0. The standard InChI is InChI=1S/C20H33ClN6O3/c1-25(2)10-7-22-20(29)26-8-5-16(6-9-26)27-19(28)18(21)17(13-24-27)23-12-15-4-3-11-30-14-15/h13,15-16,23H,3-12,14H2,1-2H3,(H,22,29)/t15-/m1/s1. The van der Waals surface area contributed by atoms with Gasteiger partial charge < -0.3 is 25.2 Å². The van der Waals surface area contributed by atoms with Crippen LogP contribution in [0.15, 0.2) is 11.0 Å². The Morgan fingerprint density at radius 2 is 2.10 bits per heavy atom. The van der Waals surface area contributed by atoms with Crippen molar-refractivity contribution in [3.63, 3.8) is 0 Å². The molecule has 0 saturated carbocycles. The molecule has 10 heteroatoms. The minimum atomic E-state index is -0.282. The lowest BCUT2D eigenvalue weighted by Crippen LogP contribution is -2.47. The van der Waals surface area contributed by atoms with E-state index < -0.39 is 0 Å². The first-order valence-corrected chi connectivity index (χ1v) is 11.1. The number of nitrogens with one attached hydrogen (secondary N) is 2. The highest BCUT2D eigenvalue weighted by Crippen LogP contribution is 2.23. The van der Waals surface area contributed by atoms with E-state index in [0.717, 1.165) is 32.6 Å². The lowest BCUT2D eigenvalue weighted by Gasteiger charge is -2.32. The van der Waals surface area contributed by atoms with Crippen molar-refractivity contribution in [3.8, 4) is 0 Å². The number of rotatable bonds is 7. The zero-order valence-corrected chi connectivity index (χ0v) is 18.7. The van der Waals surface area contributed by atoms with Crippen LogP contribution in [0.3, 0.4) is 0 Å². The van der Waals surface area contributed by atoms with E-state index in [-0.39, 0.29) is 22.7 Å². The molecule has 2 N–H and O–H groups in total. The SMILES string of the molecule is CN(C)CCNC(=O)N1CCC(n2ncc(NC[C@H]3CCCOC3)c(Cl)c2=O)CC1. The molecule has 2 aliphatic heterocycles. The zero-order valence-electron chi connectivity index (χ0n) is 17.9. The molecule has 1 aromatic rings. The largest absolute Gasteiger partial charge is 0.382 e. The molecule has 2 aliphatic rings. The molecule has 30 heavy (non-hydrogen) atoms. The van der Waals surface area contributed by atoms with E-state index in [0.29, 0.717) is 50.6 Å². The van der Waals surface area contributed by atoms with E-state index in [9.17, 15) is 9.59 Å². The molecule has 1 aromatic heterocycles. The van der Waals surface area contributed by atoms with Gasteiger partial charge in [0.05, 0.1) is 24.5 Å². The van der Waals surface area contributed by atoms with Gasteiger partial charge in [0, 0.05) is 39.3 Å². The van der Waals surface area contributed by atoms with Crippen LogP contribution in [0.2, 0.25) is 5.02 Å². The Hall–Kier alpha value is -1.84. The van der Waals surface area contributed by atoms with Crippen molar-refractivity contribution in [1.29, 1.82) is 0 Å². The van der Waals surface area contributed by atoms with E-state index in [1.54, 1.807) is 11.1 Å². The predicted molar refractivity (Wildman–Crippen MR) is 117 cm³/mol. The van der Waals surface area contributed by atoms with Crippen molar-refractivity contribution >= 4 is 23.3 Å². The predicted octanol–water partition coefficient (Wildman–Crippen LogP) is 1.64. The van der Waals surface area contributed by atoms with Gasteiger partial charge in [0.15, 0.2) is 0 Å². The van der Waals surface area contributed by atoms with Crippen LogP contribution in [-0.2, 0) is 4.74 Å². The molecule has 0 bridgehead atoms. The minimum absolute atomic E-state index is 0.0541. The smallest absolute Gasteiger partial charge is 0.317 e. The Morgan fingerprint density at radius 1 is 1.33 bits per heavy atom. The van der Waals surface area contributed by atoms with Crippen LogP contribution in [0.4, 0.5) is 10.5 Å². The number of urea groups is 1. The Labute approximate surface area is 182 Å². The molecule has 9 nitrogen and oxygen atoms in total. The maximum absolute atomic E-state index is 12.8. The second-order valence-corrected chi connectivity index (χ2v) is 8.72. The normalized spacial score (nSPS) is 20.4. The van der Waals surface area contributed by atoms with Gasteiger partial charge in [0.25, 0.3) is 5.56 Å². The first kappa shape index (κ1) is 22.8. The molecule has 3 rings (SSSR count). The molecule has 0 aliphatic carbocycles. The van der Waals surface area contributed by atoms with Crippen LogP contribution in [0.25, 0.3) is 0 Å². The average molecular weight is 441 g/mol. The summed E-state index contributed by atoms with van der Waals surface area (Å²) in [5, 5.41) is 10.7. The third kappa shape index (κ3) is 6.09. The summed E-state index contributed by atoms with van der Waals surface area (Å²) in [5.74, 6) is 0.422. The summed E-state index contributed by atoms with van der Waals surface area (Å²) in [6.45, 7) is 4.86. The van der Waals surface area contributed by atoms with Gasteiger partial charge >= 0.3 is 6.03 Å². The third-order valence-corrected chi connectivity index (χ3v) is 6.08. The lowest BCUT2D eigenvalue weighted by atomic mass is 10.0. The van der Waals surface area contributed by atoms with Crippen LogP contribution >= 0.6 is 11.6 Å². The van der Waals surface area contributed by atoms with E-state index in [4.69, 9.17) is 16.3 Å². The van der Waals surface area contributed by atoms with Crippen molar-refractivity contribution in [3.05, 3.63) is 21.6 Å². The van der Waals surface area contributed by atoms with Crippen molar-refractivity contribution in [2.45, 2.75) is 31.7 Å². The van der Waals surface area contributed by atoms with E-state index in [1.165, 1.54) is 4.68 Å². The number of amides is 2. The first-order chi connectivity index (χ1) is 14.5. The lowest BCUT2D eigenvalue weighted by molar-refractivity contribution is 0.0595. The zero-order chi connectivity index (χ0) is 21.5. The molecule has 0 unspecified atom stereocenters. The molecule has 0 spiro atoms. The van der Waals surface area contributed by atoms with Crippen LogP contribution in [0.5, 0.6) is 0 Å². The molecule has 3 heterocycles. The molecule has 2 fully saturated rings. The number of halogens is 1. The molecule has 2 saturated heterocycles.